The van der Waals surface area contributed by atoms with Gasteiger partial charge in [0.25, 0.3) is 0 Å². The molecule has 0 radical (unpaired) electrons. The molecule has 2 aliphatic rings. The largest absolute Gasteiger partial charge is 0.352 e. The Morgan fingerprint density at radius 3 is 2.59 bits per heavy atom. The molecule has 3 rings (SSSR count). The first-order chi connectivity index (χ1) is 14.1. The fourth-order valence-corrected chi connectivity index (χ4v) is 4.50. The summed E-state index contributed by atoms with van der Waals surface area (Å²) < 4.78 is 0. The summed E-state index contributed by atoms with van der Waals surface area (Å²) in [6.45, 7) is 9.63. The molecule has 7 heteroatoms. The molecule has 1 N–H and O–H groups in total. The highest BCUT2D eigenvalue weighted by molar-refractivity contribution is 5.79. The number of urea groups is 1. The first kappa shape index (κ1) is 21.6. The molecule has 2 saturated heterocycles. The molecule has 0 aliphatic carbocycles. The summed E-state index contributed by atoms with van der Waals surface area (Å²) in [5.74, 6) is 0.198. The molecular formula is C22H35N5O2. The third-order valence-corrected chi connectivity index (χ3v) is 6.30. The Morgan fingerprint density at radius 2 is 1.93 bits per heavy atom. The molecule has 1 aromatic heterocycles. The molecule has 1 atom stereocenters. The summed E-state index contributed by atoms with van der Waals surface area (Å²) in [5.41, 5.74) is 1.03. The molecule has 0 saturated carbocycles. The lowest BCUT2D eigenvalue weighted by molar-refractivity contribution is -0.127. The third-order valence-electron chi connectivity index (χ3n) is 6.30. The molecular weight excluding hydrogens is 366 g/mol. The van der Waals surface area contributed by atoms with Gasteiger partial charge < -0.3 is 15.1 Å². The van der Waals surface area contributed by atoms with Crippen LogP contribution in [-0.4, -0.2) is 76.9 Å². The van der Waals surface area contributed by atoms with Crippen molar-refractivity contribution in [2.24, 2.45) is 5.92 Å². The Morgan fingerprint density at radius 1 is 1.17 bits per heavy atom. The van der Waals surface area contributed by atoms with Gasteiger partial charge in [0.1, 0.15) is 0 Å². The van der Waals surface area contributed by atoms with Crippen molar-refractivity contribution in [3.8, 4) is 0 Å². The first-order valence-corrected chi connectivity index (χ1v) is 11.1. The van der Waals surface area contributed by atoms with Gasteiger partial charge in [0, 0.05) is 57.7 Å². The van der Waals surface area contributed by atoms with Gasteiger partial charge in [0.2, 0.25) is 5.91 Å². The van der Waals surface area contributed by atoms with E-state index >= 15 is 0 Å². The van der Waals surface area contributed by atoms with E-state index in [1.54, 1.807) is 12.4 Å². The Kier molecular flexibility index (Phi) is 7.86. The van der Waals surface area contributed by atoms with Crippen LogP contribution in [0.25, 0.3) is 0 Å². The maximum Gasteiger partial charge on any atom is 0.319 e. The lowest BCUT2D eigenvalue weighted by atomic mass is 9.93. The van der Waals surface area contributed by atoms with E-state index in [1.807, 2.05) is 35.8 Å². The minimum Gasteiger partial charge on any atom is -0.352 e. The number of hydrogen-bond acceptors (Lipinski definition) is 4. The van der Waals surface area contributed by atoms with E-state index in [0.717, 1.165) is 70.5 Å². The lowest BCUT2D eigenvalue weighted by Crippen LogP contribution is -2.53. The van der Waals surface area contributed by atoms with Gasteiger partial charge in [-0.3, -0.25) is 14.7 Å². The van der Waals surface area contributed by atoms with Crippen LogP contribution in [0.15, 0.2) is 24.5 Å². The zero-order valence-corrected chi connectivity index (χ0v) is 17.8. The molecule has 0 spiro atoms. The van der Waals surface area contributed by atoms with Gasteiger partial charge in [-0.1, -0.05) is 6.07 Å². The van der Waals surface area contributed by atoms with Crippen molar-refractivity contribution in [2.75, 3.05) is 39.3 Å². The van der Waals surface area contributed by atoms with Crippen molar-refractivity contribution in [1.29, 1.82) is 0 Å². The maximum atomic E-state index is 12.7. The maximum absolute atomic E-state index is 12.7. The van der Waals surface area contributed by atoms with E-state index in [0.29, 0.717) is 12.6 Å². The van der Waals surface area contributed by atoms with Crippen molar-refractivity contribution >= 4 is 11.9 Å². The number of carbonyl (C=O) groups is 2. The average Bonchev–Trinajstić information content (AvgIpc) is 2.79. The normalized spacial score (nSPS) is 21.0. The molecule has 29 heavy (non-hydrogen) atoms. The fraction of sp³-hybridized carbons (Fsp3) is 0.682. The second kappa shape index (κ2) is 10.6. The molecule has 0 bridgehead atoms. The topological polar surface area (TPSA) is 68.8 Å². The number of carbonyl (C=O) groups excluding carboxylic acids is 2. The number of rotatable bonds is 6. The number of hydrogen-bond donors (Lipinski definition) is 1. The highest BCUT2D eigenvalue weighted by atomic mass is 16.2. The third kappa shape index (κ3) is 5.69. The number of amides is 3. The van der Waals surface area contributed by atoms with Crippen molar-refractivity contribution < 1.29 is 9.59 Å². The minimum absolute atomic E-state index is 0.0516. The van der Waals surface area contributed by atoms with Gasteiger partial charge in [0.15, 0.2) is 0 Å². The summed E-state index contributed by atoms with van der Waals surface area (Å²) in [7, 11) is 0. The minimum atomic E-state index is 0.0516. The highest BCUT2D eigenvalue weighted by Gasteiger charge is 2.33. The van der Waals surface area contributed by atoms with Crippen LogP contribution in [0.5, 0.6) is 0 Å². The van der Waals surface area contributed by atoms with Crippen LogP contribution in [0.2, 0.25) is 0 Å². The number of likely N-dealkylation sites (tertiary alicyclic amines) is 2. The molecule has 1 unspecified atom stereocenters. The quantitative estimate of drug-likeness (QED) is 0.794. The van der Waals surface area contributed by atoms with E-state index in [2.05, 4.69) is 15.2 Å². The molecule has 2 fully saturated rings. The monoisotopic (exact) mass is 401 g/mol. The van der Waals surface area contributed by atoms with Crippen LogP contribution in [0.4, 0.5) is 4.79 Å². The van der Waals surface area contributed by atoms with Crippen molar-refractivity contribution in [3.63, 3.8) is 0 Å². The number of nitrogens with one attached hydrogen (secondary N) is 1. The molecule has 1 aromatic rings. The zero-order chi connectivity index (χ0) is 20.6. The van der Waals surface area contributed by atoms with Gasteiger partial charge in [0.05, 0.1) is 5.92 Å². The molecule has 2 aliphatic heterocycles. The van der Waals surface area contributed by atoms with Gasteiger partial charge in [-0.15, -0.1) is 0 Å². The molecule has 0 aromatic carbocycles. The molecule has 160 valence electrons. The number of pyridine rings is 1. The summed E-state index contributed by atoms with van der Waals surface area (Å²) >= 11 is 0. The van der Waals surface area contributed by atoms with E-state index < -0.39 is 0 Å². The molecule has 3 heterocycles. The SMILES string of the molecule is CCN(CC)C(=O)N1CCC(N2CCCC(C(=O)NCc3cccnc3)C2)CC1. The average molecular weight is 402 g/mol. The van der Waals surface area contributed by atoms with Crippen LogP contribution in [0.3, 0.4) is 0 Å². The summed E-state index contributed by atoms with van der Waals surface area (Å²) in [6.07, 6.45) is 7.54. The van der Waals surface area contributed by atoms with E-state index in [-0.39, 0.29) is 17.9 Å². The van der Waals surface area contributed by atoms with E-state index in [4.69, 9.17) is 0 Å². The molecule has 3 amide bonds. The standard InChI is InChI=1S/C22H35N5O2/c1-3-25(4-2)22(29)26-13-9-20(10-14-26)27-12-6-8-19(17-27)21(28)24-16-18-7-5-11-23-15-18/h5,7,11,15,19-20H,3-4,6,8-10,12-14,16-17H2,1-2H3,(H,24,28). The van der Waals surface area contributed by atoms with Gasteiger partial charge >= 0.3 is 6.03 Å². The zero-order valence-electron chi connectivity index (χ0n) is 17.8. The van der Waals surface area contributed by atoms with Crippen LogP contribution < -0.4 is 5.32 Å². The Hall–Kier alpha value is -2.15. The van der Waals surface area contributed by atoms with Gasteiger partial charge in [-0.2, -0.15) is 0 Å². The summed E-state index contributed by atoms with van der Waals surface area (Å²) in [6, 6.07) is 4.51. The predicted octanol–water partition coefficient (Wildman–Crippen LogP) is 2.34. The second-order valence-electron chi connectivity index (χ2n) is 8.09. The lowest BCUT2D eigenvalue weighted by Gasteiger charge is -2.42. The van der Waals surface area contributed by atoms with Crippen molar-refractivity contribution in [2.45, 2.75) is 52.1 Å². The Balaban J connectivity index is 1.46. The van der Waals surface area contributed by atoms with Crippen LogP contribution >= 0.6 is 0 Å². The Labute approximate surface area is 174 Å². The van der Waals surface area contributed by atoms with Gasteiger partial charge in [-0.05, 0) is 57.7 Å². The van der Waals surface area contributed by atoms with Gasteiger partial charge in [-0.25, -0.2) is 4.79 Å². The second-order valence-corrected chi connectivity index (χ2v) is 8.09. The van der Waals surface area contributed by atoms with Crippen LogP contribution in [0.1, 0.15) is 45.1 Å². The smallest absolute Gasteiger partial charge is 0.319 e. The number of piperidine rings is 2. The van der Waals surface area contributed by atoms with Crippen LogP contribution in [-0.2, 0) is 11.3 Å². The number of aromatic nitrogens is 1. The van der Waals surface area contributed by atoms with Crippen molar-refractivity contribution in [3.05, 3.63) is 30.1 Å². The first-order valence-electron chi connectivity index (χ1n) is 11.1. The number of nitrogens with zero attached hydrogens (tertiary/aromatic N) is 4. The van der Waals surface area contributed by atoms with Crippen molar-refractivity contribution in [1.82, 2.24) is 25.0 Å². The Bertz CT molecular complexity index is 656. The summed E-state index contributed by atoms with van der Waals surface area (Å²) in [4.78, 5) is 35.7. The van der Waals surface area contributed by atoms with E-state index in [1.165, 1.54) is 0 Å². The highest BCUT2D eigenvalue weighted by Crippen LogP contribution is 2.24. The predicted molar refractivity (Wildman–Crippen MR) is 113 cm³/mol. The fourth-order valence-electron chi connectivity index (χ4n) is 4.50. The summed E-state index contributed by atoms with van der Waals surface area (Å²) in [5, 5.41) is 3.08. The molecule has 7 nitrogen and oxygen atoms in total. The van der Waals surface area contributed by atoms with E-state index in [9.17, 15) is 9.59 Å². The van der Waals surface area contributed by atoms with Crippen LogP contribution in [0, 0.1) is 5.92 Å².